The van der Waals surface area contributed by atoms with Gasteiger partial charge in [0.2, 0.25) is 0 Å². The third-order valence-electron chi connectivity index (χ3n) is 3.37. The highest BCUT2D eigenvalue weighted by atomic mass is 35.5. The Morgan fingerprint density at radius 2 is 1.63 bits per heavy atom. The first-order chi connectivity index (χ1) is 8.68. The number of imidazole rings is 1. The van der Waals surface area contributed by atoms with E-state index in [9.17, 15) is 5.11 Å². The van der Waals surface area contributed by atoms with E-state index in [2.05, 4.69) is 35.4 Å². The van der Waals surface area contributed by atoms with Crippen LogP contribution in [-0.4, -0.2) is 9.67 Å². The minimum absolute atomic E-state index is 0. The van der Waals surface area contributed by atoms with E-state index in [0.29, 0.717) is 5.75 Å². The first kappa shape index (κ1) is 13.4. The molecule has 19 heavy (non-hydrogen) atoms. The fraction of sp³-hybridized carbons (Fsp3) is 0.133. The summed E-state index contributed by atoms with van der Waals surface area (Å²) in [5.41, 5.74) is 3.49. The number of benzene rings is 2. The van der Waals surface area contributed by atoms with E-state index in [-0.39, 0.29) is 12.4 Å². The highest BCUT2D eigenvalue weighted by molar-refractivity contribution is 5.75. The molecule has 1 heterocycles. The molecular formula is C15H15ClN2O. The third kappa shape index (κ3) is 2.06. The maximum absolute atomic E-state index is 9.37. The number of rotatable bonds is 1. The summed E-state index contributed by atoms with van der Waals surface area (Å²) in [7, 11) is 4.12. The Hall–Kier alpha value is -2.00. The molecule has 0 aliphatic rings. The first-order valence-corrected chi connectivity index (χ1v) is 5.91. The van der Waals surface area contributed by atoms with Gasteiger partial charge in [0.25, 0.3) is 5.82 Å². The standard InChI is InChI=1S/C15H14N2O.ClH/c1-16-13-5-3-4-6-14(13)17(2)15(16)11-7-9-12(18)10-8-11;/h3-10H,1-2H3;1H. The smallest absolute Gasteiger partial charge is 0.289 e. The topological polar surface area (TPSA) is 29.0 Å². The summed E-state index contributed by atoms with van der Waals surface area (Å²) in [4.78, 5) is 0. The molecule has 2 aromatic carbocycles. The Bertz CT molecular complexity index is 678. The monoisotopic (exact) mass is 274 g/mol. The fourth-order valence-corrected chi connectivity index (χ4v) is 2.48. The van der Waals surface area contributed by atoms with E-state index in [1.807, 2.05) is 24.3 Å². The van der Waals surface area contributed by atoms with Crippen molar-refractivity contribution in [2.45, 2.75) is 0 Å². The largest absolute Gasteiger partial charge is 1.00 e. The van der Waals surface area contributed by atoms with E-state index in [0.717, 1.165) is 11.4 Å². The molecule has 0 amide bonds. The van der Waals surface area contributed by atoms with Crippen molar-refractivity contribution in [3.05, 3.63) is 48.5 Å². The number of hydrogen-bond donors (Lipinski definition) is 1. The van der Waals surface area contributed by atoms with Gasteiger partial charge in [-0.3, -0.25) is 0 Å². The average Bonchev–Trinajstić information content (AvgIpc) is 2.64. The number of phenolic OH excluding ortho intramolecular Hbond substituents is 1. The van der Waals surface area contributed by atoms with Crippen molar-refractivity contribution < 1.29 is 22.1 Å². The molecule has 3 aromatic rings. The van der Waals surface area contributed by atoms with Crippen molar-refractivity contribution >= 4 is 11.0 Å². The normalized spacial score (nSPS) is 10.4. The molecule has 0 radical (unpaired) electrons. The Morgan fingerprint density at radius 3 is 2.26 bits per heavy atom. The summed E-state index contributed by atoms with van der Waals surface area (Å²) in [5, 5.41) is 9.37. The van der Waals surface area contributed by atoms with Gasteiger partial charge >= 0.3 is 0 Å². The first-order valence-electron chi connectivity index (χ1n) is 5.91. The molecular weight excluding hydrogens is 260 g/mol. The number of phenols is 1. The molecule has 4 heteroatoms. The van der Waals surface area contributed by atoms with E-state index in [4.69, 9.17) is 0 Å². The maximum Gasteiger partial charge on any atom is 0.289 e. The van der Waals surface area contributed by atoms with Crippen LogP contribution in [0.1, 0.15) is 0 Å². The fourth-order valence-electron chi connectivity index (χ4n) is 2.48. The van der Waals surface area contributed by atoms with Gasteiger partial charge in [-0.05, 0) is 36.4 Å². The number of para-hydroxylation sites is 2. The summed E-state index contributed by atoms with van der Waals surface area (Å²) in [5.74, 6) is 1.41. The molecule has 0 aliphatic heterocycles. The molecule has 0 bridgehead atoms. The molecule has 0 saturated heterocycles. The number of fused-ring (bicyclic) bond motifs is 1. The number of nitrogens with zero attached hydrogens (tertiary/aromatic N) is 2. The molecule has 1 N–H and O–H groups in total. The van der Waals surface area contributed by atoms with Gasteiger partial charge in [-0.2, -0.15) is 0 Å². The highest BCUT2D eigenvalue weighted by Gasteiger charge is 2.20. The molecule has 3 rings (SSSR count). The van der Waals surface area contributed by atoms with Gasteiger partial charge < -0.3 is 17.5 Å². The third-order valence-corrected chi connectivity index (χ3v) is 3.37. The van der Waals surface area contributed by atoms with Gasteiger partial charge in [0, 0.05) is 0 Å². The summed E-state index contributed by atoms with van der Waals surface area (Å²) < 4.78 is 4.34. The average molecular weight is 275 g/mol. The Balaban J connectivity index is 0.00000133. The number of aromatic hydroxyl groups is 1. The molecule has 98 valence electrons. The summed E-state index contributed by atoms with van der Waals surface area (Å²) in [6.07, 6.45) is 0. The summed E-state index contributed by atoms with van der Waals surface area (Å²) in [6.45, 7) is 0. The van der Waals surface area contributed by atoms with Gasteiger partial charge in [0.1, 0.15) is 5.75 Å². The molecule has 0 spiro atoms. The van der Waals surface area contributed by atoms with Gasteiger partial charge in [-0.1, -0.05) is 12.1 Å². The zero-order chi connectivity index (χ0) is 12.7. The SMILES string of the molecule is Cn1c(-c2ccc(O)cc2)[n+](C)c2ccccc21.[Cl-]. The van der Waals surface area contributed by atoms with Crippen LogP contribution in [0.15, 0.2) is 48.5 Å². The molecule has 0 fully saturated rings. The molecule has 0 atom stereocenters. The van der Waals surface area contributed by atoms with Crippen molar-refractivity contribution in [1.29, 1.82) is 0 Å². The van der Waals surface area contributed by atoms with E-state index >= 15 is 0 Å². The van der Waals surface area contributed by atoms with Crippen LogP contribution in [0.2, 0.25) is 0 Å². The second-order valence-electron chi connectivity index (χ2n) is 4.48. The van der Waals surface area contributed by atoms with Crippen LogP contribution >= 0.6 is 0 Å². The molecule has 1 aromatic heterocycles. The lowest BCUT2D eigenvalue weighted by Crippen LogP contribution is -3.00. The number of hydrogen-bond acceptors (Lipinski definition) is 1. The predicted molar refractivity (Wildman–Crippen MR) is 71.2 cm³/mol. The highest BCUT2D eigenvalue weighted by Crippen LogP contribution is 2.23. The summed E-state index contributed by atoms with van der Waals surface area (Å²) in [6, 6.07) is 15.6. The van der Waals surface area contributed by atoms with Gasteiger partial charge in [-0.25, -0.2) is 9.13 Å². The summed E-state index contributed by atoms with van der Waals surface area (Å²) >= 11 is 0. The van der Waals surface area contributed by atoms with Crippen molar-refractivity contribution in [2.75, 3.05) is 0 Å². The van der Waals surface area contributed by atoms with Gasteiger partial charge in [0.05, 0.1) is 19.7 Å². The van der Waals surface area contributed by atoms with Crippen molar-refractivity contribution in [1.82, 2.24) is 4.57 Å². The van der Waals surface area contributed by atoms with Crippen LogP contribution in [-0.2, 0) is 14.1 Å². The van der Waals surface area contributed by atoms with Crippen molar-refractivity contribution in [3.63, 3.8) is 0 Å². The van der Waals surface area contributed by atoms with Crippen LogP contribution in [0.25, 0.3) is 22.4 Å². The van der Waals surface area contributed by atoms with E-state index < -0.39 is 0 Å². The Morgan fingerprint density at radius 1 is 1.00 bits per heavy atom. The maximum atomic E-state index is 9.37. The zero-order valence-electron chi connectivity index (χ0n) is 10.8. The Labute approximate surface area is 118 Å². The number of halogens is 1. The molecule has 0 unspecified atom stereocenters. The van der Waals surface area contributed by atoms with Gasteiger partial charge in [-0.15, -0.1) is 0 Å². The molecule has 3 nitrogen and oxygen atoms in total. The second kappa shape index (κ2) is 4.94. The number of aromatic nitrogens is 2. The van der Waals surface area contributed by atoms with Crippen LogP contribution in [0, 0.1) is 0 Å². The minimum Gasteiger partial charge on any atom is -1.00 e. The van der Waals surface area contributed by atoms with Crippen LogP contribution in [0.4, 0.5) is 0 Å². The lowest BCUT2D eigenvalue weighted by molar-refractivity contribution is -0.634. The lowest BCUT2D eigenvalue weighted by atomic mass is 10.2. The number of aryl methyl sites for hydroxylation is 2. The van der Waals surface area contributed by atoms with Crippen LogP contribution < -0.4 is 17.0 Å². The second-order valence-corrected chi connectivity index (χ2v) is 4.48. The van der Waals surface area contributed by atoms with E-state index in [1.54, 1.807) is 12.1 Å². The zero-order valence-corrected chi connectivity index (χ0v) is 11.6. The predicted octanol–water partition coefficient (Wildman–Crippen LogP) is -0.621. The quantitative estimate of drug-likeness (QED) is 0.589. The van der Waals surface area contributed by atoms with Crippen LogP contribution in [0.5, 0.6) is 5.75 Å². The minimum atomic E-state index is 0. The van der Waals surface area contributed by atoms with Crippen molar-refractivity contribution in [3.8, 4) is 17.1 Å². The van der Waals surface area contributed by atoms with Gasteiger partial charge in [0.15, 0.2) is 11.0 Å². The Kier molecular flexibility index (Phi) is 3.49. The molecule has 0 saturated carbocycles. The lowest BCUT2D eigenvalue weighted by Gasteiger charge is -1.99. The van der Waals surface area contributed by atoms with E-state index in [1.165, 1.54) is 11.0 Å². The van der Waals surface area contributed by atoms with Crippen molar-refractivity contribution in [2.24, 2.45) is 14.1 Å². The van der Waals surface area contributed by atoms with Crippen LogP contribution in [0.3, 0.4) is 0 Å². The molecule has 0 aliphatic carbocycles.